The van der Waals surface area contributed by atoms with Gasteiger partial charge < -0.3 is 10.1 Å². The molecule has 0 unspecified atom stereocenters. The number of carbonyl (C=O) groups is 2. The van der Waals surface area contributed by atoms with Crippen LogP contribution in [0.1, 0.15) is 17.3 Å². The van der Waals surface area contributed by atoms with Gasteiger partial charge in [-0.1, -0.05) is 46.9 Å². The van der Waals surface area contributed by atoms with Gasteiger partial charge in [-0.15, -0.1) is 0 Å². The smallest absolute Gasteiger partial charge is 0.308 e. The predicted octanol–water partition coefficient (Wildman–Crippen LogP) is 4.82. The van der Waals surface area contributed by atoms with Crippen molar-refractivity contribution in [1.29, 1.82) is 0 Å². The van der Waals surface area contributed by atoms with Crippen LogP contribution in [0.15, 0.2) is 36.4 Å². The van der Waals surface area contributed by atoms with E-state index in [2.05, 4.69) is 5.32 Å². The van der Waals surface area contributed by atoms with Gasteiger partial charge in [-0.2, -0.15) is 0 Å². The van der Waals surface area contributed by atoms with Crippen molar-refractivity contribution in [2.24, 2.45) is 0 Å². The first kappa shape index (κ1) is 16.6. The molecule has 0 aliphatic carbocycles. The second-order valence-electron chi connectivity index (χ2n) is 4.29. The summed E-state index contributed by atoms with van der Waals surface area (Å²) in [4.78, 5) is 23.4. The number of para-hydroxylation sites is 1. The topological polar surface area (TPSA) is 55.4 Å². The summed E-state index contributed by atoms with van der Waals surface area (Å²) in [5, 5.41) is 3.39. The molecular formula is C15H10Cl3NO3. The lowest BCUT2D eigenvalue weighted by molar-refractivity contribution is -0.131. The molecule has 2 rings (SSSR count). The lowest BCUT2D eigenvalue weighted by atomic mass is 10.2. The van der Waals surface area contributed by atoms with E-state index >= 15 is 0 Å². The SMILES string of the molecule is CC(=O)Oc1ccccc1C(=O)Nc1cc(Cl)c(Cl)cc1Cl. The van der Waals surface area contributed by atoms with Crippen LogP contribution in [0.25, 0.3) is 0 Å². The molecule has 0 atom stereocenters. The average Bonchev–Trinajstić information content (AvgIpc) is 2.44. The van der Waals surface area contributed by atoms with Gasteiger partial charge in [-0.25, -0.2) is 0 Å². The fourth-order valence-electron chi connectivity index (χ4n) is 1.71. The maximum Gasteiger partial charge on any atom is 0.308 e. The molecule has 114 valence electrons. The average molecular weight is 359 g/mol. The molecule has 1 amide bonds. The second-order valence-corrected chi connectivity index (χ2v) is 5.51. The lowest BCUT2D eigenvalue weighted by Gasteiger charge is -2.11. The number of hydrogen-bond donors (Lipinski definition) is 1. The number of hydrogen-bond acceptors (Lipinski definition) is 3. The van der Waals surface area contributed by atoms with Crippen LogP contribution in [-0.2, 0) is 4.79 Å². The van der Waals surface area contributed by atoms with Crippen LogP contribution < -0.4 is 10.1 Å². The third kappa shape index (κ3) is 3.91. The highest BCUT2D eigenvalue weighted by molar-refractivity contribution is 6.44. The fourth-order valence-corrected chi connectivity index (χ4v) is 2.30. The maximum absolute atomic E-state index is 12.3. The molecule has 0 saturated carbocycles. The minimum Gasteiger partial charge on any atom is -0.426 e. The van der Waals surface area contributed by atoms with E-state index in [4.69, 9.17) is 39.5 Å². The Hall–Kier alpha value is -1.75. The number of nitrogens with one attached hydrogen (secondary N) is 1. The highest BCUT2D eigenvalue weighted by Gasteiger charge is 2.15. The number of rotatable bonds is 3. The first-order chi connectivity index (χ1) is 10.4. The van der Waals surface area contributed by atoms with Crippen molar-refractivity contribution in [3.8, 4) is 5.75 Å². The molecule has 0 spiro atoms. The van der Waals surface area contributed by atoms with Crippen LogP contribution in [0.2, 0.25) is 15.1 Å². The molecule has 4 nitrogen and oxygen atoms in total. The summed E-state index contributed by atoms with van der Waals surface area (Å²) in [5.74, 6) is -0.853. The zero-order valence-electron chi connectivity index (χ0n) is 11.3. The quantitative estimate of drug-likeness (QED) is 0.486. The number of carbonyl (C=O) groups excluding carboxylic acids is 2. The molecule has 1 N–H and O–H groups in total. The molecular weight excluding hydrogens is 349 g/mol. The van der Waals surface area contributed by atoms with Gasteiger partial charge in [0, 0.05) is 6.92 Å². The normalized spacial score (nSPS) is 10.2. The van der Waals surface area contributed by atoms with Crippen molar-refractivity contribution in [3.05, 3.63) is 57.0 Å². The molecule has 2 aromatic rings. The van der Waals surface area contributed by atoms with Gasteiger partial charge in [0.1, 0.15) is 5.75 Å². The highest BCUT2D eigenvalue weighted by Crippen LogP contribution is 2.32. The van der Waals surface area contributed by atoms with E-state index in [0.717, 1.165) is 0 Å². The van der Waals surface area contributed by atoms with E-state index in [1.165, 1.54) is 31.2 Å². The Morgan fingerprint density at radius 3 is 2.32 bits per heavy atom. The zero-order valence-corrected chi connectivity index (χ0v) is 13.6. The zero-order chi connectivity index (χ0) is 16.3. The van der Waals surface area contributed by atoms with E-state index in [9.17, 15) is 9.59 Å². The maximum atomic E-state index is 12.3. The van der Waals surface area contributed by atoms with Crippen molar-refractivity contribution >= 4 is 52.4 Å². The van der Waals surface area contributed by atoms with Crippen LogP contribution in [0.3, 0.4) is 0 Å². The largest absolute Gasteiger partial charge is 0.426 e. The van der Waals surface area contributed by atoms with E-state index in [-0.39, 0.29) is 26.4 Å². The van der Waals surface area contributed by atoms with Crippen molar-refractivity contribution in [1.82, 2.24) is 0 Å². The van der Waals surface area contributed by atoms with Crippen LogP contribution >= 0.6 is 34.8 Å². The molecule has 0 bridgehead atoms. The van der Waals surface area contributed by atoms with E-state index in [1.807, 2.05) is 0 Å². The van der Waals surface area contributed by atoms with Gasteiger partial charge in [0.25, 0.3) is 5.91 Å². The number of ether oxygens (including phenoxy) is 1. The van der Waals surface area contributed by atoms with Crippen molar-refractivity contribution in [2.45, 2.75) is 6.92 Å². The van der Waals surface area contributed by atoms with E-state index in [1.54, 1.807) is 12.1 Å². The fraction of sp³-hybridized carbons (Fsp3) is 0.0667. The predicted molar refractivity (Wildman–Crippen MR) is 87.2 cm³/mol. The van der Waals surface area contributed by atoms with Gasteiger partial charge in [0.15, 0.2) is 0 Å². The summed E-state index contributed by atoms with van der Waals surface area (Å²) >= 11 is 17.8. The molecule has 0 aliphatic rings. The van der Waals surface area contributed by atoms with Crippen LogP contribution in [-0.4, -0.2) is 11.9 Å². The number of esters is 1. The summed E-state index contributed by atoms with van der Waals surface area (Å²) in [6.45, 7) is 1.25. The molecule has 0 radical (unpaired) electrons. The van der Waals surface area contributed by atoms with E-state index in [0.29, 0.717) is 5.69 Å². The summed E-state index contributed by atoms with van der Waals surface area (Å²) in [5.41, 5.74) is 0.499. The Balaban J connectivity index is 2.30. The third-order valence-electron chi connectivity index (χ3n) is 2.64. The Labute approximate surface area is 141 Å². The number of amides is 1. The molecule has 0 heterocycles. The molecule has 0 fully saturated rings. The minimum atomic E-state index is -0.521. The number of benzene rings is 2. The van der Waals surface area contributed by atoms with Gasteiger partial charge in [-0.3, -0.25) is 9.59 Å². The molecule has 0 aliphatic heterocycles. The summed E-state index contributed by atoms with van der Waals surface area (Å²) in [6, 6.07) is 9.23. The second kappa shape index (κ2) is 7.01. The third-order valence-corrected chi connectivity index (χ3v) is 3.68. The van der Waals surface area contributed by atoms with Gasteiger partial charge in [0.2, 0.25) is 0 Å². The Morgan fingerprint density at radius 1 is 1.00 bits per heavy atom. The standard InChI is InChI=1S/C15H10Cl3NO3/c1-8(20)22-14-5-3-2-4-9(14)15(21)19-13-7-11(17)10(16)6-12(13)18/h2-7H,1H3,(H,19,21). The Bertz CT molecular complexity index is 747. The monoisotopic (exact) mass is 357 g/mol. The molecule has 2 aromatic carbocycles. The molecule has 0 saturated heterocycles. The molecule has 22 heavy (non-hydrogen) atoms. The Morgan fingerprint density at radius 2 is 1.64 bits per heavy atom. The highest BCUT2D eigenvalue weighted by atomic mass is 35.5. The molecule has 7 heteroatoms. The van der Waals surface area contributed by atoms with Crippen LogP contribution in [0, 0.1) is 0 Å². The number of halogens is 3. The van der Waals surface area contributed by atoms with Gasteiger partial charge >= 0.3 is 5.97 Å². The summed E-state index contributed by atoms with van der Waals surface area (Å²) in [6.07, 6.45) is 0. The van der Waals surface area contributed by atoms with Gasteiger partial charge in [0.05, 0.1) is 26.3 Å². The van der Waals surface area contributed by atoms with Crippen molar-refractivity contribution in [2.75, 3.05) is 5.32 Å². The number of anilines is 1. The first-order valence-corrected chi connectivity index (χ1v) is 7.25. The van der Waals surface area contributed by atoms with Crippen molar-refractivity contribution < 1.29 is 14.3 Å². The Kier molecular flexibility index (Phi) is 5.29. The van der Waals surface area contributed by atoms with Crippen LogP contribution in [0.4, 0.5) is 5.69 Å². The van der Waals surface area contributed by atoms with E-state index < -0.39 is 11.9 Å². The summed E-state index contributed by atoms with van der Waals surface area (Å²) in [7, 11) is 0. The molecule has 0 aromatic heterocycles. The first-order valence-electron chi connectivity index (χ1n) is 6.12. The van der Waals surface area contributed by atoms with Crippen molar-refractivity contribution in [3.63, 3.8) is 0 Å². The summed E-state index contributed by atoms with van der Waals surface area (Å²) < 4.78 is 5.00. The van der Waals surface area contributed by atoms with Crippen LogP contribution in [0.5, 0.6) is 5.75 Å². The van der Waals surface area contributed by atoms with Gasteiger partial charge in [-0.05, 0) is 24.3 Å². The lowest BCUT2D eigenvalue weighted by Crippen LogP contribution is -2.15. The minimum absolute atomic E-state index is 0.156.